The third kappa shape index (κ3) is 5.33. The molecular weight excluding hydrogens is 275 g/mol. The number of hydrogen-bond acceptors (Lipinski definition) is 0. The minimum absolute atomic E-state index is 1.27. The fraction of sp³-hybridized carbons (Fsp3) is 0.667. The van der Waals surface area contributed by atoms with Gasteiger partial charge in [0.25, 0.3) is 0 Å². The molecule has 1 aromatic rings. The quantitative estimate of drug-likeness (QED) is 0.409. The Balaban J connectivity index is 3.00. The van der Waals surface area contributed by atoms with Crippen molar-refractivity contribution in [3.63, 3.8) is 0 Å². The van der Waals surface area contributed by atoms with Crippen LogP contribution in [0.15, 0.2) is 24.3 Å². The Kier molecular flexibility index (Phi) is 8.73. The summed E-state index contributed by atoms with van der Waals surface area (Å²) in [7, 11) is 1.55. The lowest BCUT2D eigenvalue weighted by molar-refractivity contribution is 0.800. The summed E-state index contributed by atoms with van der Waals surface area (Å²) in [5.74, 6) is 0. The lowest BCUT2D eigenvalue weighted by Crippen LogP contribution is -2.47. The van der Waals surface area contributed by atoms with Crippen molar-refractivity contribution in [3.05, 3.63) is 24.3 Å². The molecule has 1 aromatic carbocycles. The van der Waals surface area contributed by atoms with Crippen LogP contribution >= 0.6 is 9.24 Å². The van der Waals surface area contributed by atoms with Gasteiger partial charge >= 0.3 is 0 Å². The molecule has 0 spiro atoms. The lowest BCUT2D eigenvalue weighted by atomic mass is 10.3. The molecule has 0 aliphatic heterocycles. The first-order valence-electron chi connectivity index (χ1n) is 8.54. The maximum absolute atomic E-state index is 2.82. The Morgan fingerprint density at radius 1 is 0.750 bits per heavy atom. The molecule has 0 bridgehead atoms. The van der Waals surface area contributed by atoms with E-state index in [2.05, 4.69) is 54.3 Å². The fourth-order valence-corrected chi connectivity index (χ4v) is 8.96. The van der Waals surface area contributed by atoms with Gasteiger partial charge in [0.2, 0.25) is 0 Å². The molecule has 20 heavy (non-hydrogen) atoms. The van der Waals surface area contributed by atoms with Crippen molar-refractivity contribution < 1.29 is 0 Å². The standard InChI is InChI=1S/C18H33PSi/c1-4-7-14-20(15-8-5-2,16-9-6-3)18-12-10-17(19)11-13-18/h10-13H,4-9,14-16,19H2,1-3H3. The molecule has 0 saturated carbocycles. The Morgan fingerprint density at radius 3 is 1.50 bits per heavy atom. The highest BCUT2D eigenvalue weighted by atomic mass is 31.0. The van der Waals surface area contributed by atoms with Gasteiger partial charge in [-0.25, -0.2) is 0 Å². The number of benzene rings is 1. The van der Waals surface area contributed by atoms with Gasteiger partial charge in [-0.2, -0.15) is 0 Å². The van der Waals surface area contributed by atoms with Crippen molar-refractivity contribution in [3.8, 4) is 0 Å². The van der Waals surface area contributed by atoms with E-state index < -0.39 is 8.07 Å². The van der Waals surface area contributed by atoms with Crippen LogP contribution in [0.2, 0.25) is 18.1 Å². The molecule has 0 heterocycles. The lowest BCUT2D eigenvalue weighted by Gasteiger charge is -2.33. The molecule has 0 amide bonds. The zero-order valence-corrected chi connectivity index (χ0v) is 15.9. The summed E-state index contributed by atoms with van der Waals surface area (Å²) < 4.78 is 0. The summed E-state index contributed by atoms with van der Waals surface area (Å²) in [5.41, 5.74) is 0. The zero-order chi connectivity index (χ0) is 14.8. The van der Waals surface area contributed by atoms with E-state index in [0.717, 1.165) is 0 Å². The van der Waals surface area contributed by atoms with E-state index in [9.17, 15) is 0 Å². The van der Waals surface area contributed by atoms with Gasteiger partial charge in [0.1, 0.15) is 0 Å². The first kappa shape index (κ1) is 17.9. The predicted octanol–water partition coefficient (Wildman–Crippen LogP) is 5.24. The van der Waals surface area contributed by atoms with Crippen molar-refractivity contribution >= 4 is 27.8 Å². The summed E-state index contributed by atoms with van der Waals surface area (Å²) in [4.78, 5) is 0. The molecule has 0 aliphatic carbocycles. The van der Waals surface area contributed by atoms with Crippen LogP contribution in [-0.4, -0.2) is 8.07 Å². The van der Waals surface area contributed by atoms with Gasteiger partial charge < -0.3 is 0 Å². The average molecular weight is 309 g/mol. The third-order valence-electron chi connectivity index (χ3n) is 4.55. The summed E-state index contributed by atoms with van der Waals surface area (Å²) >= 11 is 0. The maximum atomic E-state index is 2.82. The van der Waals surface area contributed by atoms with Gasteiger partial charge in [-0.05, 0) is 5.30 Å². The Labute approximate surface area is 130 Å². The molecule has 114 valence electrons. The van der Waals surface area contributed by atoms with E-state index in [1.807, 2.05) is 0 Å². The highest BCUT2D eigenvalue weighted by molar-refractivity contribution is 7.27. The van der Waals surface area contributed by atoms with E-state index in [-0.39, 0.29) is 0 Å². The second-order valence-electron chi connectivity index (χ2n) is 6.21. The first-order chi connectivity index (χ1) is 9.68. The van der Waals surface area contributed by atoms with Crippen molar-refractivity contribution in [1.29, 1.82) is 0 Å². The van der Waals surface area contributed by atoms with Crippen LogP contribution in [0, 0.1) is 0 Å². The second-order valence-corrected chi connectivity index (χ2v) is 11.5. The van der Waals surface area contributed by atoms with Crippen LogP contribution in [0.5, 0.6) is 0 Å². The van der Waals surface area contributed by atoms with Gasteiger partial charge in [0.15, 0.2) is 0 Å². The van der Waals surface area contributed by atoms with Crippen molar-refractivity contribution in [1.82, 2.24) is 0 Å². The van der Waals surface area contributed by atoms with Gasteiger partial charge in [-0.3, -0.25) is 0 Å². The summed E-state index contributed by atoms with van der Waals surface area (Å²) in [6, 6.07) is 14.0. The highest BCUT2D eigenvalue weighted by Gasteiger charge is 2.32. The van der Waals surface area contributed by atoms with Crippen LogP contribution in [0.25, 0.3) is 0 Å². The summed E-state index contributed by atoms with van der Waals surface area (Å²) in [5, 5.41) is 3.04. The Bertz CT molecular complexity index is 336. The van der Waals surface area contributed by atoms with Crippen LogP contribution in [0.1, 0.15) is 59.3 Å². The van der Waals surface area contributed by atoms with Crippen LogP contribution < -0.4 is 10.5 Å². The Morgan fingerprint density at radius 2 is 1.15 bits per heavy atom. The normalized spacial score (nSPS) is 11.8. The molecule has 0 radical (unpaired) electrons. The molecule has 0 nitrogen and oxygen atoms in total. The molecule has 1 unspecified atom stereocenters. The highest BCUT2D eigenvalue weighted by Crippen LogP contribution is 2.28. The zero-order valence-electron chi connectivity index (χ0n) is 13.8. The number of rotatable bonds is 10. The van der Waals surface area contributed by atoms with Crippen LogP contribution in [0.3, 0.4) is 0 Å². The smallest absolute Gasteiger partial charge is 0.0867 e. The molecule has 0 aliphatic rings. The van der Waals surface area contributed by atoms with E-state index in [1.54, 1.807) is 5.19 Å². The molecule has 0 aromatic heterocycles. The number of hydrogen-bond donors (Lipinski definition) is 0. The molecule has 2 heteroatoms. The molecule has 0 saturated heterocycles. The Hall–Kier alpha value is -0.133. The van der Waals surface area contributed by atoms with Crippen molar-refractivity contribution in [2.75, 3.05) is 0 Å². The fourth-order valence-electron chi connectivity index (χ4n) is 3.19. The van der Waals surface area contributed by atoms with E-state index >= 15 is 0 Å². The minimum Gasteiger partial charge on any atom is -0.106 e. The summed E-state index contributed by atoms with van der Waals surface area (Å²) in [6.07, 6.45) is 8.28. The topological polar surface area (TPSA) is 0 Å². The van der Waals surface area contributed by atoms with E-state index in [4.69, 9.17) is 0 Å². The van der Waals surface area contributed by atoms with E-state index in [1.165, 1.54) is 62.0 Å². The molecule has 1 atom stereocenters. The van der Waals surface area contributed by atoms with Crippen molar-refractivity contribution in [2.45, 2.75) is 77.4 Å². The molecule has 0 N–H and O–H groups in total. The number of unbranched alkanes of at least 4 members (excludes halogenated alkanes) is 3. The SMILES string of the molecule is CCCC[Si](CCCC)(CCCC)c1ccc(P)cc1. The van der Waals surface area contributed by atoms with Crippen molar-refractivity contribution in [2.24, 2.45) is 0 Å². The molecule has 0 fully saturated rings. The van der Waals surface area contributed by atoms with E-state index in [0.29, 0.717) is 0 Å². The van der Waals surface area contributed by atoms with Crippen LogP contribution in [-0.2, 0) is 0 Å². The first-order valence-corrected chi connectivity index (χ1v) is 11.7. The van der Waals surface area contributed by atoms with Gasteiger partial charge in [0, 0.05) is 0 Å². The van der Waals surface area contributed by atoms with Gasteiger partial charge in [-0.1, -0.05) is 107 Å². The third-order valence-corrected chi connectivity index (χ3v) is 10.4. The second kappa shape index (κ2) is 9.74. The largest absolute Gasteiger partial charge is 0.106 e. The molecule has 1 rings (SSSR count). The van der Waals surface area contributed by atoms with Crippen LogP contribution in [0.4, 0.5) is 0 Å². The summed E-state index contributed by atoms with van der Waals surface area (Å²) in [6.45, 7) is 7.01. The maximum Gasteiger partial charge on any atom is 0.0867 e. The van der Waals surface area contributed by atoms with Gasteiger partial charge in [0.05, 0.1) is 8.07 Å². The minimum atomic E-state index is -1.27. The van der Waals surface area contributed by atoms with Gasteiger partial charge in [-0.15, -0.1) is 9.24 Å². The monoisotopic (exact) mass is 308 g/mol. The predicted molar refractivity (Wildman–Crippen MR) is 100 cm³/mol. The average Bonchev–Trinajstić information content (AvgIpc) is 2.48. The molecular formula is C18H33PSi.